The van der Waals surface area contributed by atoms with E-state index in [0.29, 0.717) is 13.2 Å². The van der Waals surface area contributed by atoms with Gasteiger partial charge in [0.1, 0.15) is 0 Å². The largest absolute Gasteiger partial charge is 0.465 e. The minimum Gasteiger partial charge on any atom is -0.465 e. The van der Waals surface area contributed by atoms with Gasteiger partial charge in [-0.05, 0) is 25.1 Å². The van der Waals surface area contributed by atoms with Crippen LogP contribution in [0, 0.1) is 0 Å². The topological polar surface area (TPSA) is 29.5 Å². The monoisotopic (exact) mass is 313 g/mol. The first-order valence-electron chi connectivity index (χ1n) is 6.21. The molecule has 1 rings (SSSR count). The molecule has 0 N–H and O–H groups in total. The Balaban J connectivity index is 2.35. The lowest BCUT2D eigenvalue weighted by Gasteiger charge is -2.16. The van der Waals surface area contributed by atoms with Gasteiger partial charge in [0.05, 0.1) is 13.2 Å². The van der Waals surface area contributed by atoms with Crippen molar-refractivity contribution in [2.24, 2.45) is 0 Å². The Morgan fingerprint density at radius 1 is 1.39 bits per heavy atom. The van der Waals surface area contributed by atoms with Crippen molar-refractivity contribution in [3.05, 3.63) is 34.3 Å². The fourth-order valence-electron chi connectivity index (χ4n) is 1.57. The zero-order valence-corrected chi connectivity index (χ0v) is 12.6. The first-order valence-corrected chi connectivity index (χ1v) is 7.00. The molecule has 0 aromatic heterocycles. The van der Waals surface area contributed by atoms with Gasteiger partial charge in [-0.1, -0.05) is 47.5 Å². The highest BCUT2D eigenvalue weighted by Crippen LogP contribution is 2.17. The van der Waals surface area contributed by atoms with Gasteiger partial charge in [-0.2, -0.15) is 0 Å². The summed E-state index contributed by atoms with van der Waals surface area (Å²) >= 11 is 3.50. The van der Waals surface area contributed by atoms with Crippen LogP contribution in [-0.4, -0.2) is 31.1 Å². The Morgan fingerprint density at radius 2 is 2.11 bits per heavy atom. The molecule has 0 radical (unpaired) electrons. The summed E-state index contributed by atoms with van der Waals surface area (Å²) in [5.41, 5.74) is 1.17. The third-order valence-electron chi connectivity index (χ3n) is 2.56. The lowest BCUT2D eigenvalue weighted by molar-refractivity contribution is -0.144. The number of benzene rings is 1. The summed E-state index contributed by atoms with van der Waals surface area (Å²) in [6.07, 6.45) is 1.97. The molecule has 1 aromatic carbocycles. The van der Waals surface area contributed by atoms with Gasteiger partial charge in [0.25, 0.3) is 0 Å². The van der Waals surface area contributed by atoms with Crippen molar-refractivity contribution in [2.45, 2.75) is 26.3 Å². The molecule has 100 valence electrons. The molecule has 0 aliphatic rings. The third kappa shape index (κ3) is 5.65. The SMILES string of the molecule is CCCCOC(=O)CN(C)Cc1ccccc1Br. The molecule has 0 amide bonds. The molecule has 4 heteroatoms. The number of carbonyl (C=O) groups is 1. The van der Waals surface area contributed by atoms with Crippen LogP contribution in [0.3, 0.4) is 0 Å². The lowest BCUT2D eigenvalue weighted by atomic mass is 10.2. The molecule has 0 bridgehead atoms. The second-order valence-electron chi connectivity index (χ2n) is 4.34. The van der Waals surface area contributed by atoms with Crippen LogP contribution in [0.5, 0.6) is 0 Å². The highest BCUT2D eigenvalue weighted by Gasteiger charge is 2.09. The van der Waals surface area contributed by atoms with Crippen molar-refractivity contribution in [3.63, 3.8) is 0 Å². The van der Waals surface area contributed by atoms with Crippen LogP contribution < -0.4 is 0 Å². The molecular weight excluding hydrogens is 294 g/mol. The normalized spacial score (nSPS) is 10.7. The molecule has 0 unspecified atom stereocenters. The zero-order chi connectivity index (χ0) is 13.4. The van der Waals surface area contributed by atoms with Crippen molar-refractivity contribution < 1.29 is 9.53 Å². The predicted octanol–water partition coefficient (Wildman–Crippen LogP) is 3.22. The van der Waals surface area contributed by atoms with Crippen LogP contribution in [0.25, 0.3) is 0 Å². The van der Waals surface area contributed by atoms with Crippen LogP contribution in [-0.2, 0) is 16.1 Å². The van der Waals surface area contributed by atoms with Crippen LogP contribution >= 0.6 is 15.9 Å². The van der Waals surface area contributed by atoms with E-state index < -0.39 is 0 Å². The zero-order valence-electron chi connectivity index (χ0n) is 11.0. The van der Waals surface area contributed by atoms with Gasteiger partial charge < -0.3 is 4.74 Å². The maximum absolute atomic E-state index is 11.5. The Bertz CT molecular complexity index is 382. The number of hydrogen-bond donors (Lipinski definition) is 0. The predicted molar refractivity (Wildman–Crippen MR) is 76.3 cm³/mol. The average Bonchev–Trinajstić information content (AvgIpc) is 2.32. The van der Waals surface area contributed by atoms with Crippen molar-refractivity contribution in [2.75, 3.05) is 20.2 Å². The van der Waals surface area contributed by atoms with Crippen molar-refractivity contribution >= 4 is 21.9 Å². The second-order valence-corrected chi connectivity index (χ2v) is 5.19. The van der Waals surface area contributed by atoms with E-state index in [0.717, 1.165) is 23.9 Å². The van der Waals surface area contributed by atoms with E-state index in [1.54, 1.807) is 0 Å². The summed E-state index contributed by atoms with van der Waals surface area (Å²) in [7, 11) is 1.92. The molecule has 1 aromatic rings. The van der Waals surface area contributed by atoms with E-state index in [4.69, 9.17) is 4.74 Å². The minimum absolute atomic E-state index is 0.155. The van der Waals surface area contributed by atoms with Crippen LogP contribution in [0.15, 0.2) is 28.7 Å². The Labute approximate surface area is 117 Å². The van der Waals surface area contributed by atoms with Crippen LogP contribution in [0.2, 0.25) is 0 Å². The molecule has 18 heavy (non-hydrogen) atoms. The number of unbranched alkanes of at least 4 members (excludes halogenated alkanes) is 1. The van der Waals surface area contributed by atoms with Gasteiger partial charge >= 0.3 is 5.97 Å². The summed E-state index contributed by atoms with van der Waals surface area (Å²) in [5, 5.41) is 0. The summed E-state index contributed by atoms with van der Waals surface area (Å²) in [5.74, 6) is -0.155. The van der Waals surface area contributed by atoms with E-state index in [1.165, 1.54) is 5.56 Å². The Morgan fingerprint density at radius 3 is 2.78 bits per heavy atom. The van der Waals surface area contributed by atoms with Gasteiger partial charge in [-0.25, -0.2) is 0 Å². The third-order valence-corrected chi connectivity index (χ3v) is 3.33. The molecule has 0 aliphatic heterocycles. The number of likely N-dealkylation sites (N-methyl/N-ethyl adjacent to an activating group) is 1. The molecule has 0 heterocycles. The van der Waals surface area contributed by atoms with Gasteiger partial charge in [-0.3, -0.25) is 9.69 Å². The standard InChI is InChI=1S/C14H20BrNO2/c1-3-4-9-18-14(17)11-16(2)10-12-7-5-6-8-13(12)15/h5-8H,3-4,9-11H2,1-2H3. The molecule has 0 atom stereocenters. The summed E-state index contributed by atoms with van der Waals surface area (Å²) < 4.78 is 6.19. The van der Waals surface area contributed by atoms with E-state index in [9.17, 15) is 4.79 Å². The highest BCUT2D eigenvalue weighted by molar-refractivity contribution is 9.10. The van der Waals surface area contributed by atoms with E-state index in [-0.39, 0.29) is 5.97 Å². The number of halogens is 1. The molecule has 0 spiro atoms. The number of carbonyl (C=O) groups excluding carboxylic acids is 1. The Kier molecular flexibility index (Phi) is 6.98. The number of rotatable bonds is 7. The van der Waals surface area contributed by atoms with E-state index in [2.05, 4.69) is 22.9 Å². The minimum atomic E-state index is -0.155. The second kappa shape index (κ2) is 8.27. The smallest absolute Gasteiger partial charge is 0.320 e. The van der Waals surface area contributed by atoms with Crippen molar-refractivity contribution in [1.82, 2.24) is 4.90 Å². The fourth-order valence-corrected chi connectivity index (χ4v) is 1.98. The fraction of sp³-hybridized carbons (Fsp3) is 0.500. The van der Waals surface area contributed by atoms with E-state index in [1.807, 2.05) is 36.2 Å². The molecule has 0 saturated heterocycles. The lowest BCUT2D eigenvalue weighted by Crippen LogP contribution is -2.27. The summed E-state index contributed by atoms with van der Waals surface area (Å²) in [4.78, 5) is 13.5. The van der Waals surface area contributed by atoms with Gasteiger partial charge in [0.15, 0.2) is 0 Å². The molecular formula is C14H20BrNO2. The first-order chi connectivity index (χ1) is 8.63. The average molecular weight is 314 g/mol. The van der Waals surface area contributed by atoms with Crippen LogP contribution in [0.1, 0.15) is 25.3 Å². The quantitative estimate of drug-likeness (QED) is 0.572. The number of ether oxygens (including phenoxy) is 1. The van der Waals surface area contributed by atoms with Gasteiger partial charge in [0, 0.05) is 11.0 Å². The van der Waals surface area contributed by atoms with Gasteiger partial charge in [0.2, 0.25) is 0 Å². The van der Waals surface area contributed by atoms with Crippen molar-refractivity contribution in [3.8, 4) is 0 Å². The highest BCUT2D eigenvalue weighted by atomic mass is 79.9. The molecule has 0 aliphatic carbocycles. The first kappa shape index (κ1) is 15.2. The Hall–Kier alpha value is -0.870. The molecule has 3 nitrogen and oxygen atoms in total. The number of nitrogens with zero attached hydrogens (tertiary/aromatic N) is 1. The van der Waals surface area contributed by atoms with Gasteiger partial charge in [-0.15, -0.1) is 0 Å². The molecule has 0 fully saturated rings. The molecule has 0 saturated carbocycles. The van der Waals surface area contributed by atoms with Crippen molar-refractivity contribution in [1.29, 1.82) is 0 Å². The number of esters is 1. The maximum atomic E-state index is 11.5. The maximum Gasteiger partial charge on any atom is 0.320 e. The summed E-state index contributed by atoms with van der Waals surface area (Å²) in [6.45, 7) is 3.65. The van der Waals surface area contributed by atoms with E-state index >= 15 is 0 Å². The summed E-state index contributed by atoms with van der Waals surface area (Å²) in [6, 6.07) is 8.02. The number of hydrogen-bond acceptors (Lipinski definition) is 3. The van der Waals surface area contributed by atoms with Crippen LogP contribution in [0.4, 0.5) is 0 Å².